The number of hydrogen-bond donors (Lipinski definition) is 0. The molecule has 3 heterocycles. The topological polar surface area (TPSA) is 75.6 Å². The highest BCUT2D eigenvalue weighted by atomic mass is 32.2. The third-order valence-corrected chi connectivity index (χ3v) is 7.83. The summed E-state index contributed by atoms with van der Waals surface area (Å²) in [6.45, 7) is 3.53. The van der Waals surface area contributed by atoms with Crippen LogP contribution in [0.1, 0.15) is 24.4 Å². The van der Waals surface area contributed by atoms with Crippen molar-refractivity contribution in [2.75, 3.05) is 33.4 Å². The maximum atomic E-state index is 12.7. The predicted molar refractivity (Wildman–Crippen MR) is 88.4 cm³/mol. The zero-order valence-corrected chi connectivity index (χ0v) is 15.8. The highest BCUT2D eigenvalue weighted by Gasteiger charge is 2.57. The van der Waals surface area contributed by atoms with Crippen molar-refractivity contribution in [3.63, 3.8) is 0 Å². The van der Waals surface area contributed by atoms with E-state index in [2.05, 4.69) is 21.9 Å². The number of halogens is 3. The van der Waals surface area contributed by atoms with Crippen LogP contribution in [0.2, 0.25) is 0 Å². The first-order valence-corrected chi connectivity index (χ1v) is 10.2. The van der Waals surface area contributed by atoms with Crippen LogP contribution < -0.4 is 0 Å². The lowest BCUT2D eigenvalue weighted by atomic mass is 9.61. The molecule has 27 heavy (non-hydrogen) atoms. The molecule has 2 saturated heterocycles. The van der Waals surface area contributed by atoms with Gasteiger partial charge in [0.25, 0.3) is 0 Å². The summed E-state index contributed by atoms with van der Waals surface area (Å²) in [6.07, 6.45) is -2.09. The third kappa shape index (κ3) is 3.14. The smallest absolute Gasteiger partial charge is 0.378 e. The number of aryl methyl sites for hydroxylation is 1. The Morgan fingerprint density at radius 1 is 1.26 bits per heavy atom. The number of nitrogens with zero attached hydrogens (tertiary/aromatic N) is 4. The number of hydrogen-bond acceptors (Lipinski definition) is 6. The summed E-state index contributed by atoms with van der Waals surface area (Å²) in [6, 6.07) is 0.874. The van der Waals surface area contributed by atoms with E-state index in [4.69, 9.17) is 4.74 Å². The molecule has 0 unspecified atom stereocenters. The van der Waals surface area contributed by atoms with Gasteiger partial charge in [0.15, 0.2) is 0 Å². The summed E-state index contributed by atoms with van der Waals surface area (Å²) < 4.78 is 70.0. The van der Waals surface area contributed by atoms with E-state index in [0.717, 1.165) is 32.3 Å². The van der Waals surface area contributed by atoms with E-state index in [1.807, 2.05) is 0 Å². The molecule has 150 valence electrons. The number of alkyl halides is 3. The maximum Gasteiger partial charge on any atom is 0.451 e. The average molecular weight is 406 g/mol. The fourth-order valence-electron chi connectivity index (χ4n) is 4.10. The van der Waals surface area contributed by atoms with E-state index in [-0.39, 0.29) is 16.0 Å². The van der Waals surface area contributed by atoms with Crippen molar-refractivity contribution in [3.05, 3.63) is 17.7 Å². The summed E-state index contributed by atoms with van der Waals surface area (Å²) in [5.74, 6) is -1.33. The van der Waals surface area contributed by atoms with Crippen LogP contribution in [-0.2, 0) is 20.9 Å². The standard InChI is InChI=1S/C16H21F3N4O3S/c1-10-13(5-20-14(21-10)16(17,18)19)27(24,25)23-8-15(9-23)3-11(4-15)22(2)12-6-26-7-12/h5,11-12H,3-4,6-9H2,1-2H3. The molecule has 0 N–H and O–H groups in total. The zero-order valence-electron chi connectivity index (χ0n) is 15.0. The summed E-state index contributed by atoms with van der Waals surface area (Å²) >= 11 is 0. The van der Waals surface area contributed by atoms with Crippen LogP contribution in [-0.4, -0.2) is 73.0 Å². The Hall–Kier alpha value is -1.30. The number of rotatable bonds is 4. The Kier molecular flexibility index (Phi) is 4.30. The first-order valence-electron chi connectivity index (χ1n) is 8.73. The van der Waals surface area contributed by atoms with Gasteiger partial charge in [-0.3, -0.25) is 4.90 Å². The normalized spacial score (nSPS) is 23.9. The molecule has 2 aliphatic heterocycles. The van der Waals surface area contributed by atoms with Crippen LogP contribution >= 0.6 is 0 Å². The van der Waals surface area contributed by atoms with Crippen molar-refractivity contribution in [2.24, 2.45) is 5.41 Å². The third-order valence-electron chi connectivity index (χ3n) is 5.94. The van der Waals surface area contributed by atoms with Gasteiger partial charge >= 0.3 is 6.18 Å². The fourth-order valence-corrected chi connectivity index (χ4v) is 5.87. The second-order valence-electron chi connectivity index (χ2n) is 7.83. The molecule has 3 fully saturated rings. The molecule has 1 spiro atoms. The van der Waals surface area contributed by atoms with Gasteiger partial charge in [0.05, 0.1) is 31.1 Å². The van der Waals surface area contributed by atoms with Gasteiger partial charge in [-0.05, 0) is 26.8 Å². The van der Waals surface area contributed by atoms with Crippen LogP contribution in [0.4, 0.5) is 13.2 Å². The summed E-state index contributed by atoms with van der Waals surface area (Å²) in [5, 5.41) is 0. The average Bonchev–Trinajstić information content (AvgIpc) is 2.40. The molecule has 4 rings (SSSR count). The van der Waals surface area contributed by atoms with Gasteiger partial charge in [-0.2, -0.15) is 17.5 Å². The predicted octanol–water partition coefficient (Wildman–Crippen LogP) is 1.29. The van der Waals surface area contributed by atoms with E-state index < -0.39 is 22.0 Å². The molecule has 3 aliphatic rings. The number of ether oxygens (including phenoxy) is 1. The molecule has 1 aromatic heterocycles. The van der Waals surface area contributed by atoms with Gasteiger partial charge in [0.2, 0.25) is 15.8 Å². The van der Waals surface area contributed by atoms with Crippen LogP contribution in [0.5, 0.6) is 0 Å². The second kappa shape index (κ2) is 6.10. The van der Waals surface area contributed by atoms with Crippen molar-refractivity contribution < 1.29 is 26.3 Å². The summed E-state index contributed by atoms with van der Waals surface area (Å²) in [7, 11) is -1.81. The lowest BCUT2D eigenvalue weighted by Crippen LogP contribution is -2.68. The monoisotopic (exact) mass is 406 g/mol. The van der Waals surface area contributed by atoms with Crippen LogP contribution in [0.3, 0.4) is 0 Å². The lowest BCUT2D eigenvalue weighted by molar-refractivity contribution is -0.145. The van der Waals surface area contributed by atoms with Crippen LogP contribution in [0, 0.1) is 12.3 Å². The molecular formula is C16H21F3N4O3S. The molecule has 0 amide bonds. The molecular weight excluding hydrogens is 385 g/mol. The van der Waals surface area contributed by atoms with Crippen molar-refractivity contribution in [1.29, 1.82) is 0 Å². The number of sulfonamides is 1. The van der Waals surface area contributed by atoms with E-state index in [1.54, 1.807) is 0 Å². The second-order valence-corrected chi connectivity index (χ2v) is 9.74. The minimum absolute atomic E-state index is 0.0166. The van der Waals surface area contributed by atoms with Gasteiger partial charge < -0.3 is 4.74 Å². The Morgan fingerprint density at radius 2 is 1.89 bits per heavy atom. The minimum atomic E-state index is -4.70. The maximum absolute atomic E-state index is 12.7. The van der Waals surface area contributed by atoms with E-state index in [1.165, 1.54) is 11.2 Å². The van der Waals surface area contributed by atoms with E-state index in [9.17, 15) is 21.6 Å². The highest BCUT2D eigenvalue weighted by Crippen LogP contribution is 2.52. The van der Waals surface area contributed by atoms with E-state index in [0.29, 0.717) is 25.2 Å². The van der Waals surface area contributed by atoms with Crippen LogP contribution in [0.15, 0.2) is 11.1 Å². The highest BCUT2D eigenvalue weighted by molar-refractivity contribution is 7.89. The van der Waals surface area contributed by atoms with Crippen molar-refractivity contribution in [3.8, 4) is 0 Å². The summed E-state index contributed by atoms with van der Waals surface area (Å²) in [4.78, 5) is 8.58. The first kappa shape index (κ1) is 19.0. The molecule has 1 saturated carbocycles. The zero-order chi connectivity index (χ0) is 19.6. The Bertz CT molecular complexity index is 843. The Morgan fingerprint density at radius 3 is 2.37 bits per heavy atom. The number of likely N-dealkylation sites (N-methyl/N-ethyl adjacent to an activating group) is 1. The Balaban J connectivity index is 1.40. The van der Waals surface area contributed by atoms with Gasteiger partial charge in [0, 0.05) is 24.5 Å². The molecule has 0 aromatic carbocycles. The van der Waals surface area contributed by atoms with Crippen molar-refractivity contribution in [1.82, 2.24) is 19.2 Å². The largest absolute Gasteiger partial charge is 0.451 e. The molecule has 0 atom stereocenters. The van der Waals surface area contributed by atoms with Gasteiger partial charge in [-0.15, -0.1) is 0 Å². The number of aromatic nitrogens is 2. The van der Waals surface area contributed by atoms with Gasteiger partial charge in [0.1, 0.15) is 4.90 Å². The quantitative estimate of drug-likeness (QED) is 0.750. The van der Waals surface area contributed by atoms with E-state index >= 15 is 0 Å². The Labute approximate surface area is 155 Å². The van der Waals surface area contributed by atoms with Crippen LogP contribution in [0.25, 0.3) is 0 Å². The SMILES string of the molecule is Cc1nc(C(F)(F)F)ncc1S(=O)(=O)N1CC2(CC(N(C)C3COC3)C2)C1. The molecule has 7 nitrogen and oxygen atoms in total. The van der Waals surface area contributed by atoms with Crippen molar-refractivity contribution >= 4 is 10.0 Å². The molecule has 0 bridgehead atoms. The lowest BCUT2D eigenvalue weighted by Gasteiger charge is -2.61. The molecule has 0 radical (unpaired) electrons. The van der Waals surface area contributed by atoms with Gasteiger partial charge in [-0.25, -0.2) is 18.4 Å². The molecule has 11 heteroatoms. The first-order chi connectivity index (χ1) is 12.5. The van der Waals surface area contributed by atoms with Gasteiger partial charge in [-0.1, -0.05) is 0 Å². The summed E-state index contributed by atoms with van der Waals surface area (Å²) in [5.41, 5.74) is -0.202. The molecule has 1 aromatic rings. The molecule has 1 aliphatic carbocycles. The van der Waals surface area contributed by atoms with Crippen molar-refractivity contribution in [2.45, 2.75) is 42.9 Å². The fraction of sp³-hybridized carbons (Fsp3) is 0.750. The minimum Gasteiger partial charge on any atom is -0.378 e.